The van der Waals surface area contributed by atoms with Crippen molar-refractivity contribution in [3.63, 3.8) is 0 Å². The Morgan fingerprint density at radius 1 is 1.22 bits per heavy atom. The molecule has 4 radical (unpaired) electrons. The second-order valence-electron chi connectivity index (χ2n) is 1.45. The van der Waals surface area contributed by atoms with Crippen molar-refractivity contribution in [1.29, 1.82) is 0 Å². The van der Waals surface area contributed by atoms with Crippen LogP contribution in [0.1, 0.15) is 0 Å². The third-order valence-electron chi connectivity index (χ3n) is 0.852. The molecule has 0 unspecified atom stereocenters. The molecule has 46 valence electrons. The van der Waals surface area contributed by atoms with Crippen LogP contribution in [-0.4, -0.2) is 32.4 Å². The van der Waals surface area contributed by atoms with E-state index in [1.807, 2.05) is 0 Å². The first-order valence-electron chi connectivity index (χ1n) is 2.24. The van der Waals surface area contributed by atoms with E-state index in [9.17, 15) is 0 Å². The third-order valence-corrected chi connectivity index (χ3v) is 1.17. The van der Waals surface area contributed by atoms with Gasteiger partial charge in [-0.05, 0) is 12.1 Å². The van der Waals surface area contributed by atoms with E-state index in [1.54, 1.807) is 24.3 Å². The molecular weight excluding hydrogens is 331 g/mol. The summed E-state index contributed by atoms with van der Waals surface area (Å²) in [5, 5.41) is 9.18. The molecule has 0 spiro atoms. The third kappa shape index (κ3) is 2.53. The minimum atomic E-state index is 0. The molecule has 1 nitrogen and oxygen atoms in total. The molecule has 1 aromatic rings. The molecule has 0 amide bonds. The first-order chi connectivity index (χ1) is 3.80. The number of benzene rings is 1. The van der Waals surface area contributed by atoms with Gasteiger partial charge in [0.1, 0.15) is 5.75 Å². The van der Waals surface area contributed by atoms with E-state index in [1.165, 1.54) is 0 Å². The summed E-state index contributed by atoms with van der Waals surface area (Å²) in [6.07, 6.45) is 0. The Hall–Kier alpha value is 0.232. The van der Waals surface area contributed by atoms with Gasteiger partial charge in [-0.25, -0.2) is 0 Å². The van der Waals surface area contributed by atoms with Crippen molar-refractivity contribution < 1.29 is 5.11 Å². The SMILES string of the molecule is Oc1ccccc1Cl.[Pb]. The second-order valence-corrected chi connectivity index (χ2v) is 1.86. The van der Waals surface area contributed by atoms with E-state index in [0.717, 1.165) is 0 Å². The fourth-order valence-corrected chi connectivity index (χ4v) is 0.587. The maximum Gasteiger partial charge on any atom is 0.134 e. The molecular formula is C6H5ClOPb. The van der Waals surface area contributed by atoms with Crippen LogP contribution in [-0.2, 0) is 0 Å². The Bertz CT molecular complexity index is 169. The summed E-state index contributed by atoms with van der Waals surface area (Å²) in [5.74, 6) is 0.133. The van der Waals surface area contributed by atoms with Crippen molar-refractivity contribution in [3.05, 3.63) is 29.3 Å². The maximum atomic E-state index is 8.79. The van der Waals surface area contributed by atoms with Crippen molar-refractivity contribution in [2.75, 3.05) is 0 Å². The summed E-state index contributed by atoms with van der Waals surface area (Å²) in [7, 11) is 0. The first kappa shape index (κ1) is 9.23. The summed E-state index contributed by atoms with van der Waals surface area (Å²) >= 11 is 5.46. The summed E-state index contributed by atoms with van der Waals surface area (Å²) in [5.41, 5.74) is 0. The molecule has 0 aliphatic heterocycles. The predicted molar refractivity (Wildman–Crippen MR) is 38.9 cm³/mol. The summed E-state index contributed by atoms with van der Waals surface area (Å²) < 4.78 is 0. The Kier molecular flexibility index (Phi) is 4.22. The molecule has 0 saturated carbocycles. The zero-order chi connectivity index (χ0) is 5.98. The molecule has 0 bridgehead atoms. The molecule has 0 atom stereocenters. The van der Waals surface area contributed by atoms with E-state index < -0.39 is 0 Å². The molecule has 0 aromatic heterocycles. The van der Waals surface area contributed by atoms with Crippen LogP contribution in [0.3, 0.4) is 0 Å². The van der Waals surface area contributed by atoms with Gasteiger partial charge in [0, 0.05) is 27.3 Å². The van der Waals surface area contributed by atoms with Crippen molar-refractivity contribution in [3.8, 4) is 5.75 Å². The quantitative estimate of drug-likeness (QED) is 0.715. The molecule has 0 heterocycles. The van der Waals surface area contributed by atoms with Crippen molar-refractivity contribution in [2.24, 2.45) is 0 Å². The average molecular weight is 336 g/mol. The number of rotatable bonds is 0. The van der Waals surface area contributed by atoms with E-state index in [2.05, 4.69) is 0 Å². The molecule has 1 rings (SSSR count). The van der Waals surface area contributed by atoms with Crippen molar-refractivity contribution >= 4 is 38.9 Å². The Labute approximate surface area is 78.8 Å². The van der Waals surface area contributed by atoms with Crippen LogP contribution in [0.15, 0.2) is 24.3 Å². The van der Waals surface area contributed by atoms with Gasteiger partial charge in [-0.3, -0.25) is 0 Å². The zero-order valence-corrected chi connectivity index (χ0v) is 9.28. The van der Waals surface area contributed by atoms with Crippen molar-refractivity contribution in [2.45, 2.75) is 0 Å². The Balaban J connectivity index is 0.000000640. The van der Waals surface area contributed by atoms with Gasteiger partial charge in [-0.1, -0.05) is 23.7 Å². The summed E-state index contributed by atoms with van der Waals surface area (Å²) in [6, 6.07) is 6.67. The van der Waals surface area contributed by atoms with Crippen LogP contribution in [0.5, 0.6) is 5.75 Å². The smallest absolute Gasteiger partial charge is 0.134 e. The molecule has 0 saturated heterocycles. The molecule has 3 heteroatoms. The van der Waals surface area contributed by atoms with E-state index in [0.29, 0.717) is 5.02 Å². The van der Waals surface area contributed by atoms with Crippen LogP contribution < -0.4 is 0 Å². The van der Waals surface area contributed by atoms with Gasteiger partial charge in [-0.15, -0.1) is 0 Å². The topological polar surface area (TPSA) is 20.2 Å². The Morgan fingerprint density at radius 3 is 2.11 bits per heavy atom. The van der Waals surface area contributed by atoms with Gasteiger partial charge >= 0.3 is 0 Å². The van der Waals surface area contributed by atoms with E-state index >= 15 is 0 Å². The molecule has 9 heavy (non-hydrogen) atoms. The van der Waals surface area contributed by atoms with Gasteiger partial charge in [0.25, 0.3) is 0 Å². The normalized spacial score (nSPS) is 8.11. The van der Waals surface area contributed by atoms with Gasteiger partial charge in [0.2, 0.25) is 0 Å². The molecule has 0 aliphatic rings. The fraction of sp³-hybridized carbons (Fsp3) is 0. The standard InChI is InChI=1S/C6H5ClO.Pb/c7-5-3-1-2-4-6(5)8;/h1-4,8H;. The van der Waals surface area contributed by atoms with Crippen LogP contribution in [0.2, 0.25) is 5.02 Å². The maximum absolute atomic E-state index is 8.79. The summed E-state index contributed by atoms with van der Waals surface area (Å²) in [4.78, 5) is 0. The molecule has 0 fully saturated rings. The monoisotopic (exact) mass is 336 g/mol. The molecule has 1 N–H and O–H groups in total. The van der Waals surface area contributed by atoms with Crippen molar-refractivity contribution in [1.82, 2.24) is 0 Å². The number of hydrogen-bond donors (Lipinski definition) is 1. The van der Waals surface area contributed by atoms with Gasteiger partial charge in [0.05, 0.1) is 5.02 Å². The average Bonchev–Trinajstić information content (AvgIpc) is 1.77. The number of phenols is 1. The van der Waals surface area contributed by atoms with Crippen LogP contribution in [0, 0.1) is 0 Å². The van der Waals surface area contributed by atoms with Crippen LogP contribution in [0.25, 0.3) is 0 Å². The van der Waals surface area contributed by atoms with Gasteiger partial charge in [-0.2, -0.15) is 0 Å². The number of aromatic hydroxyl groups is 1. The Morgan fingerprint density at radius 2 is 1.78 bits per heavy atom. The number of hydrogen-bond acceptors (Lipinski definition) is 1. The predicted octanol–water partition coefficient (Wildman–Crippen LogP) is 1.66. The zero-order valence-electron chi connectivity index (χ0n) is 4.63. The van der Waals surface area contributed by atoms with Crippen LogP contribution in [0.4, 0.5) is 0 Å². The number of phenolic OH excluding ortho intramolecular Hbond substituents is 1. The molecule has 1 aromatic carbocycles. The minimum Gasteiger partial charge on any atom is -0.506 e. The second kappa shape index (κ2) is 4.11. The summed E-state index contributed by atoms with van der Waals surface area (Å²) in [6.45, 7) is 0. The van der Waals surface area contributed by atoms with Crippen LogP contribution >= 0.6 is 11.6 Å². The fourth-order valence-electron chi connectivity index (χ4n) is 0.452. The molecule has 0 aliphatic carbocycles. The van der Waals surface area contributed by atoms with E-state index in [4.69, 9.17) is 16.7 Å². The van der Waals surface area contributed by atoms with Gasteiger partial charge in [0.15, 0.2) is 0 Å². The van der Waals surface area contributed by atoms with Gasteiger partial charge < -0.3 is 5.11 Å². The number of para-hydroxylation sites is 1. The largest absolute Gasteiger partial charge is 0.506 e. The number of halogens is 1. The van der Waals surface area contributed by atoms with E-state index in [-0.39, 0.29) is 33.0 Å². The first-order valence-corrected chi connectivity index (χ1v) is 2.62. The minimum absolute atomic E-state index is 0.